The molecule has 6 heteroatoms. The van der Waals surface area contributed by atoms with Crippen molar-refractivity contribution in [1.82, 2.24) is 0 Å². The number of non-ortho nitro benzene ring substituents is 1. The summed E-state index contributed by atoms with van der Waals surface area (Å²) in [5.74, 6) is 0. The highest BCUT2D eigenvalue weighted by Crippen LogP contribution is 2.19. The normalized spacial score (nSPS) is 14.6. The number of nitrogens with one attached hydrogen (secondary N) is 1. The molecule has 0 heterocycles. The van der Waals surface area contributed by atoms with E-state index in [1.165, 1.54) is 24.3 Å². The molecule has 1 aromatic carbocycles. The van der Waals surface area contributed by atoms with Crippen LogP contribution in [-0.4, -0.2) is 41.9 Å². The Morgan fingerprint density at radius 1 is 1.35 bits per heavy atom. The van der Waals surface area contributed by atoms with Gasteiger partial charge in [-0.3, -0.25) is 10.1 Å². The zero-order chi connectivity index (χ0) is 13.0. The van der Waals surface area contributed by atoms with Crippen molar-refractivity contribution in [2.45, 2.75) is 12.1 Å². The van der Waals surface area contributed by atoms with E-state index in [2.05, 4.69) is 0 Å². The highest BCUT2D eigenvalue weighted by atomic mass is 16.6. The van der Waals surface area contributed by atoms with Crippen molar-refractivity contribution in [3.63, 3.8) is 0 Å². The van der Waals surface area contributed by atoms with E-state index in [-0.39, 0.29) is 18.3 Å². The minimum atomic E-state index is -0.842. The summed E-state index contributed by atoms with van der Waals surface area (Å²) >= 11 is 0. The van der Waals surface area contributed by atoms with Gasteiger partial charge in [0.05, 0.1) is 25.6 Å². The van der Waals surface area contributed by atoms with Crippen molar-refractivity contribution >= 4 is 5.69 Å². The molecule has 1 rings (SSSR count). The molecule has 0 aliphatic rings. The van der Waals surface area contributed by atoms with Gasteiger partial charge in [-0.2, -0.15) is 0 Å². The Kier molecular flexibility index (Phi) is 4.56. The number of benzene rings is 1. The molecule has 17 heavy (non-hydrogen) atoms. The fraction of sp³-hybridized carbons (Fsp3) is 0.455. The molecule has 0 unspecified atom stereocenters. The van der Waals surface area contributed by atoms with Gasteiger partial charge in [0.2, 0.25) is 0 Å². The van der Waals surface area contributed by atoms with E-state index in [4.69, 9.17) is 0 Å². The summed E-state index contributed by atoms with van der Waals surface area (Å²) in [5.41, 5.74) is 0.551. The van der Waals surface area contributed by atoms with Gasteiger partial charge in [0.25, 0.3) is 5.69 Å². The summed E-state index contributed by atoms with van der Waals surface area (Å²) in [4.78, 5) is 10.9. The summed E-state index contributed by atoms with van der Waals surface area (Å²) in [6.45, 7) is -0.152. The standard InChI is InChI=1S/C11H16N2O4/c1-12(2)10(7-14)11(15)8-3-5-9(6-4-8)13(16)17/h3-6,10-11,14-15H,7H2,1-2H3/p+1/t10-,11+/m1/s1. The van der Waals surface area contributed by atoms with E-state index in [0.717, 1.165) is 4.90 Å². The maximum Gasteiger partial charge on any atom is 0.269 e. The van der Waals surface area contributed by atoms with Crippen molar-refractivity contribution in [1.29, 1.82) is 0 Å². The number of likely N-dealkylation sites (N-methyl/N-ethyl adjacent to an activating group) is 1. The Hall–Kier alpha value is -1.50. The summed E-state index contributed by atoms with van der Waals surface area (Å²) < 4.78 is 0. The quantitative estimate of drug-likeness (QED) is 0.462. The van der Waals surface area contributed by atoms with Gasteiger partial charge in [0.1, 0.15) is 12.1 Å². The molecule has 94 valence electrons. The third kappa shape index (κ3) is 3.23. The van der Waals surface area contributed by atoms with Crippen LogP contribution in [0, 0.1) is 10.1 Å². The highest BCUT2D eigenvalue weighted by Gasteiger charge is 2.25. The van der Waals surface area contributed by atoms with Crippen LogP contribution in [0.2, 0.25) is 0 Å². The van der Waals surface area contributed by atoms with Crippen LogP contribution >= 0.6 is 0 Å². The van der Waals surface area contributed by atoms with Gasteiger partial charge >= 0.3 is 0 Å². The zero-order valence-electron chi connectivity index (χ0n) is 9.83. The monoisotopic (exact) mass is 241 g/mol. The smallest absolute Gasteiger partial charge is 0.269 e. The summed E-state index contributed by atoms with van der Waals surface area (Å²) in [6.07, 6.45) is -0.842. The molecule has 0 aliphatic heterocycles. The van der Waals surface area contributed by atoms with Crippen molar-refractivity contribution in [2.75, 3.05) is 20.7 Å². The van der Waals surface area contributed by atoms with Crippen LogP contribution in [0.5, 0.6) is 0 Å². The maximum atomic E-state index is 10.5. The van der Waals surface area contributed by atoms with Gasteiger partial charge in [0.15, 0.2) is 0 Å². The van der Waals surface area contributed by atoms with Gasteiger partial charge in [0, 0.05) is 12.1 Å². The number of nitrogens with zero attached hydrogens (tertiary/aromatic N) is 1. The average molecular weight is 241 g/mol. The summed E-state index contributed by atoms with van der Waals surface area (Å²) in [7, 11) is 3.66. The Morgan fingerprint density at radius 3 is 2.24 bits per heavy atom. The van der Waals surface area contributed by atoms with E-state index in [0.29, 0.717) is 5.56 Å². The third-order valence-electron chi connectivity index (χ3n) is 2.76. The molecule has 0 aromatic heterocycles. The van der Waals surface area contributed by atoms with E-state index in [9.17, 15) is 20.3 Å². The molecule has 0 bridgehead atoms. The second kappa shape index (κ2) is 5.72. The van der Waals surface area contributed by atoms with Crippen LogP contribution in [0.1, 0.15) is 11.7 Å². The van der Waals surface area contributed by atoms with Gasteiger partial charge in [-0.1, -0.05) is 0 Å². The first-order valence-corrected chi connectivity index (χ1v) is 5.30. The molecular formula is C11H17N2O4+. The van der Waals surface area contributed by atoms with Crippen LogP contribution in [0.3, 0.4) is 0 Å². The van der Waals surface area contributed by atoms with E-state index < -0.39 is 11.0 Å². The third-order valence-corrected chi connectivity index (χ3v) is 2.76. The summed E-state index contributed by atoms with van der Waals surface area (Å²) in [6, 6.07) is 5.36. The van der Waals surface area contributed by atoms with Crippen LogP contribution in [0.15, 0.2) is 24.3 Å². The lowest BCUT2D eigenvalue weighted by atomic mass is 10.0. The summed E-state index contributed by atoms with van der Waals surface area (Å²) in [5, 5.41) is 29.7. The van der Waals surface area contributed by atoms with Crippen LogP contribution in [0.25, 0.3) is 0 Å². The Morgan fingerprint density at radius 2 is 1.88 bits per heavy atom. The number of hydrogen-bond acceptors (Lipinski definition) is 4. The van der Waals surface area contributed by atoms with Crippen molar-refractivity contribution in [3.8, 4) is 0 Å². The molecule has 0 aliphatic carbocycles. The number of rotatable bonds is 5. The molecule has 0 saturated heterocycles. The molecule has 0 radical (unpaired) electrons. The second-order valence-electron chi connectivity index (χ2n) is 4.16. The predicted octanol–water partition coefficient (Wildman–Crippen LogP) is -0.866. The van der Waals surface area contributed by atoms with Crippen LogP contribution in [0.4, 0.5) is 5.69 Å². The molecular weight excluding hydrogens is 224 g/mol. The topological polar surface area (TPSA) is 88.0 Å². The Labute approximate surface area is 99.3 Å². The second-order valence-corrected chi connectivity index (χ2v) is 4.16. The largest absolute Gasteiger partial charge is 0.390 e. The molecule has 0 saturated carbocycles. The number of quaternary nitrogens is 1. The van der Waals surface area contributed by atoms with Gasteiger partial charge in [-0.25, -0.2) is 0 Å². The maximum absolute atomic E-state index is 10.5. The van der Waals surface area contributed by atoms with Crippen molar-refractivity contribution in [3.05, 3.63) is 39.9 Å². The lowest BCUT2D eigenvalue weighted by Gasteiger charge is -2.24. The first-order valence-electron chi connectivity index (χ1n) is 5.30. The fourth-order valence-electron chi connectivity index (χ4n) is 1.62. The van der Waals surface area contributed by atoms with E-state index in [1.807, 2.05) is 14.1 Å². The van der Waals surface area contributed by atoms with Gasteiger partial charge in [-0.15, -0.1) is 0 Å². The SMILES string of the molecule is C[NH+](C)[C@H](CO)[C@@H](O)c1ccc([N+](=O)[O-])cc1. The Balaban J connectivity index is 2.88. The number of aliphatic hydroxyl groups is 2. The van der Waals surface area contributed by atoms with Crippen LogP contribution in [-0.2, 0) is 0 Å². The Bertz CT molecular complexity index is 378. The number of hydrogen-bond donors (Lipinski definition) is 3. The molecule has 0 amide bonds. The van der Waals surface area contributed by atoms with Gasteiger partial charge in [-0.05, 0) is 17.7 Å². The van der Waals surface area contributed by atoms with Crippen LogP contribution < -0.4 is 4.90 Å². The zero-order valence-corrected chi connectivity index (χ0v) is 9.83. The lowest BCUT2D eigenvalue weighted by molar-refractivity contribution is -0.891. The highest BCUT2D eigenvalue weighted by molar-refractivity contribution is 5.34. The number of nitro groups is 1. The lowest BCUT2D eigenvalue weighted by Crippen LogP contribution is -3.11. The molecule has 3 N–H and O–H groups in total. The van der Waals surface area contributed by atoms with Crippen molar-refractivity contribution in [2.24, 2.45) is 0 Å². The molecule has 0 spiro atoms. The van der Waals surface area contributed by atoms with E-state index >= 15 is 0 Å². The first-order chi connectivity index (χ1) is 7.97. The van der Waals surface area contributed by atoms with E-state index in [1.54, 1.807) is 0 Å². The predicted molar refractivity (Wildman–Crippen MR) is 61.7 cm³/mol. The van der Waals surface area contributed by atoms with Gasteiger partial charge < -0.3 is 15.1 Å². The number of nitro benzene ring substituents is 1. The van der Waals surface area contributed by atoms with Crippen molar-refractivity contribution < 1.29 is 20.0 Å². The average Bonchev–Trinajstić information content (AvgIpc) is 2.29. The molecule has 0 fully saturated rings. The first kappa shape index (κ1) is 13.6. The minimum absolute atomic E-state index is 0.0151. The molecule has 1 aromatic rings. The molecule has 6 nitrogen and oxygen atoms in total. The fourth-order valence-corrected chi connectivity index (χ4v) is 1.62. The minimum Gasteiger partial charge on any atom is -0.390 e. The number of aliphatic hydroxyl groups excluding tert-OH is 2. The molecule has 2 atom stereocenters.